The number of rotatable bonds is 2. The minimum Gasteiger partial charge on any atom is -0.464 e. The van der Waals surface area contributed by atoms with E-state index in [9.17, 15) is 9.59 Å². The van der Waals surface area contributed by atoms with Crippen molar-refractivity contribution in [3.8, 4) is 0 Å². The van der Waals surface area contributed by atoms with E-state index in [0.717, 1.165) is 16.6 Å². The van der Waals surface area contributed by atoms with Gasteiger partial charge in [-0.1, -0.05) is 25.1 Å². The predicted molar refractivity (Wildman–Crippen MR) is 79.7 cm³/mol. The summed E-state index contributed by atoms with van der Waals surface area (Å²) in [4.78, 5) is 32.2. The van der Waals surface area contributed by atoms with Gasteiger partial charge in [-0.05, 0) is 19.4 Å². The van der Waals surface area contributed by atoms with Gasteiger partial charge < -0.3 is 9.72 Å². The summed E-state index contributed by atoms with van der Waals surface area (Å²) >= 11 is 0. The summed E-state index contributed by atoms with van der Waals surface area (Å²) in [6.07, 6.45) is 0.667. The molecule has 0 radical (unpaired) electrons. The van der Waals surface area contributed by atoms with Gasteiger partial charge in [-0.25, -0.2) is 4.79 Å². The summed E-state index contributed by atoms with van der Waals surface area (Å²) in [5, 5.41) is 0.813. The van der Waals surface area contributed by atoms with Gasteiger partial charge >= 0.3 is 5.97 Å². The molecule has 3 rings (SSSR count). The third-order valence-electron chi connectivity index (χ3n) is 4.11. The number of hydrogen-bond donors (Lipinski definition) is 1. The van der Waals surface area contributed by atoms with Gasteiger partial charge in [0, 0.05) is 10.9 Å². The smallest absolute Gasteiger partial charge is 0.360 e. The Bertz CT molecular complexity index is 788. The number of esters is 1. The van der Waals surface area contributed by atoms with Gasteiger partial charge in [0.05, 0.1) is 23.9 Å². The Morgan fingerprint density at radius 2 is 2.10 bits per heavy atom. The number of H-pyrrole nitrogens is 1. The molecule has 0 bridgehead atoms. The lowest BCUT2D eigenvalue weighted by atomic mass is 9.85. The third kappa shape index (κ3) is 1.81. The van der Waals surface area contributed by atoms with Crippen LogP contribution in [0.2, 0.25) is 0 Å². The number of nitrogens with zero attached hydrogens (tertiary/aromatic N) is 1. The molecule has 2 aromatic rings. The second-order valence-corrected chi connectivity index (χ2v) is 5.33. The Morgan fingerprint density at radius 1 is 1.38 bits per heavy atom. The predicted octanol–water partition coefficient (Wildman–Crippen LogP) is 2.60. The third-order valence-corrected chi connectivity index (χ3v) is 4.11. The number of ether oxygens (including phenoxy) is 1. The first-order chi connectivity index (χ1) is 10.0. The zero-order valence-corrected chi connectivity index (χ0v) is 12.2. The van der Waals surface area contributed by atoms with E-state index in [0.29, 0.717) is 12.0 Å². The topological polar surface area (TPSA) is 71.5 Å². The fourth-order valence-electron chi connectivity index (χ4n) is 2.74. The number of nitrogens with one attached hydrogen (secondary N) is 1. The van der Waals surface area contributed by atoms with Crippen molar-refractivity contribution in [1.29, 1.82) is 0 Å². The number of benzene rings is 1. The average molecular weight is 284 g/mol. The van der Waals surface area contributed by atoms with Crippen molar-refractivity contribution in [1.82, 2.24) is 4.98 Å². The molecule has 0 saturated heterocycles. The molecule has 0 spiro atoms. The summed E-state index contributed by atoms with van der Waals surface area (Å²) in [5.41, 5.74) is 1.41. The van der Waals surface area contributed by atoms with Crippen LogP contribution in [0.4, 0.5) is 0 Å². The number of carbonyl (C=O) groups is 2. The molecule has 5 nitrogen and oxygen atoms in total. The largest absolute Gasteiger partial charge is 0.464 e. The minimum absolute atomic E-state index is 0.126. The summed E-state index contributed by atoms with van der Waals surface area (Å²) in [6.45, 7) is 3.89. The Balaban J connectivity index is 2.33. The summed E-state index contributed by atoms with van der Waals surface area (Å²) in [7, 11) is 1.26. The van der Waals surface area contributed by atoms with Gasteiger partial charge in [0.15, 0.2) is 5.71 Å². The number of carbonyl (C=O) groups excluding carboxylic acids is 2. The molecule has 1 atom stereocenters. The highest BCUT2D eigenvalue weighted by molar-refractivity contribution is 6.69. The van der Waals surface area contributed by atoms with E-state index >= 15 is 0 Å². The summed E-state index contributed by atoms with van der Waals surface area (Å²) in [5.74, 6) is -1.06. The number of aromatic amines is 1. The van der Waals surface area contributed by atoms with E-state index in [4.69, 9.17) is 4.74 Å². The number of fused-ring (bicyclic) bond motifs is 3. The highest BCUT2D eigenvalue weighted by Crippen LogP contribution is 2.38. The maximum atomic E-state index is 12.6. The molecule has 1 N–H and O–H groups in total. The fourth-order valence-corrected chi connectivity index (χ4v) is 2.74. The van der Waals surface area contributed by atoms with Crippen LogP contribution in [0.3, 0.4) is 0 Å². The normalized spacial score (nSPS) is 21.1. The van der Waals surface area contributed by atoms with Gasteiger partial charge in [0.1, 0.15) is 0 Å². The van der Waals surface area contributed by atoms with E-state index in [1.807, 2.05) is 38.1 Å². The Morgan fingerprint density at radius 3 is 2.76 bits per heavy atom. The Hall–Kier alpha value is -2.43. The molecule has 5 heteroatoms. The van der Waals surface area contributed by atoms with Crippen LogP contribution < -0.4 is 0 Å². The molecule has 0 amide bonds. The molecule has 108 valence electrons. The molecule has 1 aliphatic heterocycles. The summed E-state index contributed by atoms with van der Waals surface area (Å²) in [6, 6.07) is 7.56. The van der Waals surface area contributed by atoms with Crippen molar-refractivity contribution in [2.45, 2.75) is 25.8 Å². The van der Waals surface area contributed by atoms with Crippen molar-refractivity contribution in [2.24, 2.45) is 4.99 Å². The van der Waals surface area contributed by atoms with Gasteiger partial charge in [0.25, 0.3) is 0 Å². The average Bonchev–Trinajstić information content (AvgIpc) is 2.91. The van der Waals surface area contributed by atoms with E-state index in [1.54, 1.807) is 0 Å². The lowest BCUT2D eigenvalue weighted by molar-refractivity contribution is -0.132. The molecule has 0 fully saturated rings. The van der Waals surface area contributed by atoms with Crippen molar-refractivity contribution in [2.75, 3.05) is 7.11 Å². The number of para-hydroxylation sites is 1. The van der Waals surface area contributed by atoms with Crippen molar-refractivity contribution >= 4 is 28.4 Å². The molecule has 2 heterocycles. The van der Waals surface area contributed by atoms with Crippen LogP contribution in [0, 0.1) is 0 Å². The first kappa shape index (κ1) is 13.5. The first-order valence-corrected chi connectivity index (χ1v) is 6.86. The van der Waals surface area contributed by atoms with E-state index in [2.05, 4.69) is 9.98 Å². The number of hydrogen-bond acceptors (Lipinski definition) is 4. The maximum Gasteiger partial charge on any atom is 0.360 e. The van der Waals surface area contributed by atoms with Gasteiger partial charge in [0.2, 0.25) is 5.78 Å². The van der Waals surface area contributed by atoms with Crippen LogP contribution in [0.5, 0.6) is 0 Å². The number of methoxy groups -OCH3 is 1. The van der Waals surface area contributed by atoms with Crippen LogP contribution in [0.25, 0.3) is 10.9 Å². The lowest BCUT2D eigenvalue weighted by Gasteiger charge is -2.28. The molecule has 1 aromatic carbocycles. The molecule has 0 saturated carbocycles. The van der Waals surface area contributed by atoms with E-state index in [1.165, 1.54) is 7.11 Å². The van der Waals surface area contributed by atoms with Crippen LogP contribution in [0.1, 0.15) is 36.3 Å². The number of aliphatic imine (C=N–C) groups is 1. The molecule has 1 unspecified atom stereocenters. The standard InChI is InChI=1S/C16H16N2O3/c1-4-16(2)14-11(9-7-5-6-8-10(9)17-14)13(19)12(18-16)15(20)21-3/h5-8,17H,4H2,1-3H3. The minimum atomic E-state index is -0.685. The maximum absolute atomic E-state index is 12.6. The lowest BCUT2D eigenvalue weighted by Crippen LogP contribution is -2.36. The zero-order chi connectivity index (χ0) is 15.2. The molecular formula is C16H16N2O3. The fraction of sp³-hybridized carbons (Fsp3) is 0.312. The molecule has 0 aliphatic carbocycles. The highest BCUT2D eigenvalue weighted by atomic mass is 16.5. The molecule has 1 aliphatic rings. The van der Waals surface area contributed by atoms with Crippen molar-refractivity contribution < 1.29 is 14.3 Å². The molecule has 1 aromatic heterocycles. The van der Waals surface area contributed by atoms with Crippen LogP contribution >= 0.6 is 0 Å². The van der Waals surface area contributed by atoms with E-state index < -0.39 is 11.5 Å². The number of aromatic nitrogens is 1. The second kappa shape index (κ2) is 4.55. The van der Waals surface area contributed by atoms with Crippen LogP contribution in [0.15, 0.2) is 29.3 Å². The Kier molecular flexibility index (Phi) is 2.93. The van der Waals surface area contributed by atoms with Gasteiger partial charge in [-0.2, -0.15) is 0 Å². The molecule has 21 heavy (non-hydrogen) atoms. The van der Waals surface area contributed by atoms with E-state index in [-0.39, 0.29) is 11.5 Å². The quantitative estimate of drug-likeness (QED) is 0.862. The van der Waals surface area contributed by atoms with Crippen LogP contribution in [-0.2, 0) is 15.1 Å². The Labute approximate surface area is 122 Å². The SMILES string of the molecule is CCC1(C)N=C(C(=O)OC)C(=O)c2c1[nH]c1ccccc21. The first-order valence-electron chi connectivity index (χ1n) is 6.86. The van der Waals surface area contributed by atoms with Gasteiger partial charge in [-0.3, -0.25) is 9.79 Å². The van der Waals surface area contributed by atoms with Gasteiger partial charge in [-0.15, -0.1) is 0 Å². The highest BCUT2D eigenvalue weighted by Gasteiger charge is 2.41. The second-order valence-electron chi connectivity index (χ2n) is 5.33. The number of Topliss-reactive ketones (excluding diaryl/α,β-unsaturated/α-hetero) is 1. The summed E-state index contributed by atoms with van der Waals surface area (Å²) < 4.78 is 4.70. The number of ketones is 1. The zero-order valence-electron chi connectivity index (χ0n) is 12.2. The van der Waals surface area contributed by atoms with Crippen molar-refractivity contribution in [3.05, 3.63) is 35.5 Å². The molecular weight excluding hydrogens is 268 g/mol. The monoisotopic (exact) mass is 284 g/mol. The van der Waals surface area contributed by atoms with Crippen molar-refractivity contribution in [3.63, 3.8) is 0 Å². The van der Waals surface area contributed by atoms with Crippen LogP contribution in [-0.4, -0.2) is 29.6 Å².